The van der Waals surface area contributed by atoms with E-state index in [9.17, 15) is 0 Å². The molecule has 0 spiro atoms. The van der Waals surface area contributed by atoms with E-state index < -0.39 is 0 Å². The van der Waals surface area contributed by atoms with Gasteiger partial charge in [0.05, 0.1) is 7.05 Å². The second-order valence-corrected chi connectivity index (χ2v) is 8.69. The van der Waals surface area contributed by atoms with Gasteiger partial charge in [-0.2, -0.15) is 0 Å². The van der Waals surface area contributed by atoms with Gasteiger partial charge in [-0.3, -0.25) is 0 Å². The molecule has 0 fully saturated rings. The minimum Gasteiger partial charge on any atom is -0.240 e. The molecule has 0 bridgehead atoms. The Morgan fingerprint density at radius 2 is 1.55 bits per heavy atom. The molecule has 3 rings (SSSR count). The topological polar surface area (TPSA) is 8.81 Å². The van der Waals surface area contributed by atoms with Gasteiger partial charge in [-0.25, -0.2) is 9.13 Å². The van der Waals surface area contributed by atoms with E-state index in [2.05, 4.69) is 109 Å². The Balaban J connectivity index is 1.95. The van der Waals surface area contributed by atoms with Gasteiger partial charge in [0.15, 0.2) is 0 Å². The van der Waals surface area contributed by atoms with Gasteiger partial charge in [0.1, 0.15) is 18.4 Å². The Morgan fingerprint density at radius 1 is 0.897 bits per heavy atom. The highest BCUT2D eigenvalue weighted by Crippen LogP contribution is 2.41. The number of benzene rings is 2. The molecule has 0 radical (unpaired) electrons. The van der Waals surface area contributed by atoms with Crippen molar-refractivity contribution in [3.63, 3.8) is 0 Å². The van der Waals surface area contributed by atoms with Crippen LogP contribution in [0, 0.1) is 0 Å². The molecule has 0 N–H and O–H groups in total. The van der Waals surface area contributed by atoms with Gasteiger partial charge < -0.3 is 0 Å². The molecule has 0 aliphatic rings. The van der Waals surface area contributed by atoms with Crippen molar-refractivity contribution in [1.29, 1.82) is 0 Å². The van der Waals surface area contributed by atoms with Crippen LogP contribution in [-0.2, 0) is 18.9 Å². The summed E-state index contributed by atoms with van der Waals surface area (Å²) in [5.41, 5.74) is 2.87. The lowest BCUT2D eigenvalue weighted by atomic mass is 9.70. The van der Waals surface area contributed by atoms with Crippen molar-refractivity contribution in [2.45, 2.75) is 70.3 Å². The zero-order valence-corrected chi connectivity index (χ0v) is 18.4. The summed E-state index contributed by atoms with van der Waals surface area (Å²) in [5, 5.41) is 0. The predicted octanol–water partition coefficient (Wildman–Crippen LogP) is 6.41. The zero-order chi connectivity index (χ0) is 20.5. The van der Waals surface area contributed by atoms with Gasteiger partial charge in [-0.05, 0) is 30.4 Å². The summed E-state index contributed by atoms with van der Waals surface area (Å²) < 4.78 is 4.62. The van der Waals surface area contributed by atoms with Crippen LogP contribution in [0.5, 0.6) is 0 Å². The van der Waals surface area contributed by atoms with Crippen molar-refractivity contribution in [2.75, 3.05) is 0 Å². The Morgan fingerprint density at radius 3 is 2.17 bits per heavy atom. The third-order valence-electron chi connectivity index (χ3n) is 6.31. The average Bonchev–Trinajstić information content (AvgIpc) is 3.17. The molecule has 2 unspecified atom stereocenters. The number of aromatic nitrogens is 2. The van der Waals surface area contributed by atoms with Crippen molar-refractivity contribution in [2.24, 2.45) is 7.05 Å². The van der Waals surface area contributed by atoms with Crippen LogP contribution in [-0.4, -0.2) is 4.57 Å². The molecule has 2 nitrogen and oxygen atoms in total. The molecule has 154 valence electrons. The maximum absolute atomic E-state index is 2.46. The fourth-order valence-electron chi connectivity index (χ4n) is 4.64. The molecule has 2 heteroatoms. The summed E-state index contributed by atoms with van der Waals surface area (Å²) in [4.78, 5) is 0. The minimum absolute atomic E-state index is 0.0272. The second kappa shape index (κ2) is 10.4. The van der Waals surface area contributed by atoms with Crippen LogP contribution >= 0.6 is 0 Å². The number of hydrogen-bond acceptors (Lipinski definition) is 0. The number of nitrogens with zero attached hydrogens (tertiary/aromatic N) is 2. The largest absolute Gasteiger partial charge is 0.243 e. The Hall–Kier alpha value is -2.35. The summed E-state index contributed by atoms with van der Waals surface area (Å²) in [5.74, 6) is 0. The SMILES string of the molecule is CCCCCCCC(n1cc[n+](C)c1)C(C)(Cc1ccccc1)c1ccccc1. The van der Waals surface area contributed by atoms with Crippen LogP contribution in [0.3, 0.4) is 0 Å². The molecule has 1 heterocycles. The van der Waals surface area contributed by atoms with E-state index in [0.717, 1.165) is 6.42 Å². The van der Waals surface area contributed by atoms with E-state index in [1.54, 1.807) is 0 Å². The first-order valence-corrected chi connectivity index (χ1v) is 11.3. The predicted molar refractivity (Wildman–Crippen MR) is 122 cm³/mol. The highest BCUT2D eigenvalue weighted by Gasteiger charge is 2.40. The molecule has 2 aromatic carbocycles. The molecule has 29 heavy (non-hydrogen) atoms. The quantitative estimate of drug-likeness (QED) is 0.264. The number of unbranched alkanes of at least 4 members (excludes halogenated alkanes) is 4. The molecule has 0 aliphatic heterocycles. The van der Waals surface area contributed by atoms with E-state index in [1.165, 1.54) is 49.7 Å². The molecule has 3 aromatic rings. The molecule has 0 saturated carbocycles. The van der Waals surface area contributed by atoms with Crippen LogP contribution in [0.1, 0.15) is 69.5 Å². The van der Waals surface area contributed by atoms with E-state index in [0.29, 0.717) is 6.04 Å². The molecule has 1 aromatic heterocycles. The number of hydrogen-bond donors (Lipinski definition) is 0. The summed E-state index contributed by atoms with van der Waals surface area (Å²) in [6.07, 6.45) is 15.5. The Labute approximate surface area is 177 Å². The van der Waals surface area contributed by atoms with E-state index >= 15 is 0 Å². The van der Waals surface area contributed by atoms with Crippen LogP contribution in [0.15, 0.2) is 79.4 Å². The van der Waals surface area contributed by atoms with E-state index in [1.807, 2.05) is 0 Å². The van der Waals surface area contributed by atoms with Crippen LogP contribution in [0.4, 0.5) is 0 Å². The summed E-state index contributed by atoms with van der Waals surface area (Å²) >= 11 is 0. The number of rotatable bonds is 11. The summed E-state index contributed by atoms with van der Waals surface area (Å²) in [7, 11) is 2.12. The Kier molecular flexibility index (Phi) is 7.69. The summed E-state index contributed by atoms with van der Waals surface area (Å²) in [6.45, 7) is 4.75. The first kappa shape index (κ1) is 21.4. The van der Waals surface area contributed by atoms with Crippen LogP contribution in [0.2, 0.25) is 0 Å². The van der Waals surface area contributed by atoms with Gasteiger partial charge in [0, 0.05) is 5.41 Å². The number of aryl methyl sites for hydroxylation is 1. The van der Waals surface area contributed by atoms with Crippen molar-refractivity contribution in [3.8, 4) is 0 Å². The highest BCUT2D eigenvalue weighted by molar-refractivity contribution is 5.30. The lowest BCUT2D eigenvalue weighted by Gasteiger charge is -2.37. The first-order chi connectivity index (χ1) is 14.1. The standard InChI is InChI=1S/C27H37N2/c1-4-5-6-7-14-19-26(29-21-20-28(3)23-29)27(2,25-17-12-9-13-18-25)22-24-15-10-8-11-16-24/h8-13,15-18,20-21,23,26H,4-7,14,19,22H2,1-3H3/q+1. The smallest absolute Gasteiger partial charge is 0.240 e. The average molecular weight is 390 g/mol. The molecule has 0 saturated heterocycles. The van der Waals surface area contributed by atoms with Crippen LogP contribution < -0.4 is 4.57 Å². The molecule has 0 aliphatic carbocycles. The molecular weight excluding hydrogens is 352 g/mol. The molecule has 2 atom stereocenters. The van der Waals surface area contributed by atoms with Crippen molar-refractivity contribution < 1.29 is 4.57 Å². The second-order valence-electron chi connectivity index (χ2n) is 8.69. The van der Waals surface area contributed by atoms with Gasteiger partial charge >= 0.3 is 0 Å². The lowest BCUT2D eigenvalue weighted by Crippen LogP contribution is -2.37. The lowest BCUT2D eigenvalue weighted by molar-refractivity contribution is -0.671. The van der Waals surface area contributed by atoms with Gasteiger partial charge in [-0.1, -0.05) is 100 Å². The monoisotopic (exact) mass is 389 g/mol. The maximum Gasteiger partial charge on any atom is 0.243 e. The summed E-state index contributed by atoms with van der Waals surface area (Å²) in [6, 6.07) is 22.5. The van der Waals surface area contributed by atoms with Crippen molar-refractivity contribution in [3.05, 3.63) is 90.5 Å². The minimum atomic E-state index is 0.0272. The zero-order valence-electron chi connectivity index (χ0n) is 18.4. The van der Waals surface area contributed by atoms with Gasteiger partial charge in [-0.15, -0.1) is 0 Å². The fourth-order valence-corrected chi connectivity index (χ4v) is 4.64. The highest BCUT2D eigenvalue weighted by atomic mass is 15.1. The number of imidazole rings is 1. The maximum atomic E-state index is 2.46. The normalized spacial score (nSPS) is 14.4. The van der Waals surface area contributed by atoms with Gasteiger partial charge in [0.2, 0.25) is 6.33 Å². The van der Waals surface area contributed by atoms with Gasteiger partial charge in [0.25, 0.3) is 0 Å². The molecular formula is C27H37N2+. The molecule has 0 amide bonds. The Bertz CT molecular complexity index is 837. The first-order valence-electron chi connectivity index (χ1n) is 11.3. The van der Waals surface area contributed by atoms with Crippen LogP contribution in [0.25, 0.3) is 0 Å². The third kappa shape index (κ3) is 5.59. The van der Waals surface area contributed by atoms with Crippen molar-refractivity contribution >= 4 is 0 Å². The third-order valence-corrected chi connectivity index (χ3v) is 6.31. The van der Waals surface area contributed by atoms with E-state index in [4.69, 9.17) is 0 Å². The van der Waals surface area contributed by atoms with Crippen molar-refractivity contribution in [1.82, 2.24) is 4.57 Å². The van der Waals surface area contributed by atoms with E-state index in [-0.39, 0.29) is 5.41 Å². The fraction of sp³-hybridized carbons (Fsp3) is 0.444.